The highest BCUT2D eigenvalue weighted by Crippen LogP contribution is 2.31. The van der Waals surface area contributed by atoms with Gasteiger partial charge in [-0.25, -0.2) is 0 Å². The molecule has 80 valence electrons. The van der Waals surface area contributed by atoms with E-state index in [-0.39, 0.29) is 6.29 Å². The maximum absolute atomic E-state index is 5.67. The Morgan fingerprint density at radius 1 is 0.933 bits per heavy atom. The largest absolute Gasteiger partial charge is 0.352 e. The van der Waals surface area contributed by atoms with E-state index in [1.165, 1.54) is 11.1 Å². The molecule has 1 aliphatic carbocycles. The van der Waals surface area contributed by atoms with Crippen LogP contribution < -0.4 is 0 Å². The van der Waals surface area contributed by atoms with Crippen molar-refractivity contribution >= 4 is 0 Å². The summed E-state index contributed by atoms with van der Waals surface area (Å²) in [6.07, 6.45) is 3.30. The molecule has 1 aromatic carbocycles. The average Bonchev–Trinajstić information content (AvgIpc) is 2.74. The Morgan fingerprint density at radius 3 is 2.13 bits per heavy atom. The van der Waals surface area contributed by atoms with Crippen molar-refractivity contribution in [3.05, 3.63) is 35.4 Å². The average molecular weight is 204 g/mol. The van der Waals surface area contributed by atoms with Gasteiger partial charge in [0.2, 0.25) is 0 Å². The van der Waals surface area contributed by atoms with E-state index < -0.39 is 0 Å². The van der Waals surface area contributed by atoms with Gasteiger partial charge < -0.3 is 9.47 Å². The van der Waals surface area contributed by atoms with Crippen LogP contribution in [0.1, 0.15) is 17.5 Å². The van der Waals surface area contributed by atoms with E-state index in [1.54, 1.807) is 0 Å². The van der Waals surface area contributed by atoms with Gasteiger partial charge in [-0.2, -0.15) is 0 Å². The van der Waals surface area contributed by atoms with E-state index in [2.05, 4.69) is 24.3 Å². The van der Waals surface area contributed by atoms with Crippen molar-refractivity contribution in [1.82, 2.24) is 0 Å². The first kappa shape index (κ1) is 9.37. The lowest BCUT2D eigenvalue weighted by Gasteiger charge is -2.27. The minimum absolute atomic E-state index is 0.0335. The molecule has 0 atom stereocenters. The second kappa shape index (κ2) is 3.95. The standard InChI is InChI=1S/C13H16O2/c1-2-5-11-9-12(8-10(11)4-1)13-14-6-3-7-15-13/h1-2,4-5,12-13H,3,6-9H2. The third kappa shape index (κ3) is 1.80. The van der Waals surface area contributed by atoms with Gasteiger partial charge in [0.1, 0.15) is 0 Å². The van der Waals surface area contributed by atoms with E-state index in [0.717, 1.165) is 32.5 Å². The Kier molecular flexibility index (Phi) is 2.47. The second-order valence-corrected chi connectivity index (χ2v) is 4.40. The summed E-state index contributed by atoms with van der Waals surface area (Å²) in [6, 6.07) is 8.67. The van der Waals surface area contributed by atoms with Gasteiger partial charge in [-0.1, -0.05) is 24.3 Å². The van der Waals surface area contributed by atoms with Crippen LogP contribution in [0, 0.1) is 5.92 Å². The number of rotatable bonds is 1. The van der Waals surface area contributed by atoms with E-state index in [1.807, 2.05) is 0 Å². The van der Waals surface area contributed by atoms with Crippen LogP contribution in [0.25, 0.3) is 0 Å². The van der Waals surface area contributed by atoms with Crippen molar-refractivity contribution in [2.24, 2.45) is 5.92 Å². The van der Waals surface area contributed by atoms with E-state index in [9.17, 15) is 0 Å². The van der Waals surface area contributed by atoms with Crippen LogP contribution in [0.3, 0.4) is 0 Å². The second-order valence-electron chi connectivity index (χ2n) is 4.40. The number of fused-ring (bicyclic) bond motifs is 1. The fourth-order valence-corrected chi connectivity index (χ4v) is 2.56. The highest BCUT2D eigenvalue weighted by atomic mass is 16.7. The summed E-state index contributed by atoms with van der Waals surface area (Å²) < 4.78 is 11.3. The Bertz CT molecular complexity index is 317. The smallest absolute Gasteiger partial charge is 0.160 e. The molecule has 15 heavy (non-hydrogen) atoms. The lowest BCUT2D eigenvalue weighted by atomic mass is 10.1. The van der Waals surface area contributed by atoms with Gasteiger partial charge in [0.15, 0.2) is 6.29 Å². The number of ether oxygens (including phenoxy) is 2. The molecule has 2 heteroatoms. The molecule has 0 N–H and O–H groups in total. The molecule has 1 fully saturated rings. The fraction of sp³-hybridized carbons (Fsp3) is 0.538. The summed E-state index contributed by atoms with van der Waals surface area (Å²) in [4.78, 5) is 0. The highest BCUT2D eigenvalue weighted by molar-refractivity contribution is 5.32. The van der Waals surface area contributed by atoms with E-state index in [4.69, 9.17) is 9.47 Å². The topological polar surface area (TPSA) is 18.5 Å². The Hall–Kier alpha value is -0.860. The normalized spacial score (nSPS) is 22.9. The van der Waals surface area contributed by atoms with Crippen LogP contribution in [0.5, 0.6) is 0 Å². The van der Waals surface area contributed by atoms with Crippen molar-refractivity contribution in [3.8, 4) is 0 Å². The van der Waals surface area contributed by atoms with Crippen LogP contribution in [-0.2, 0) is 22.3 Å². The molecule has 0 spiro atoms. The zero-order chi connectivity index (χ0) is 10.1. The predicted molar refractivity (Wildman–Crippen MR) is 57.6 cm³/mol. The Morgan fingerprint density at radius 2 is 1.53 bits per heavy atom. The molecule has 2 aliphatic rings. The van der Waals surface area contributed by atoms with Crippen LogP contribution in [-0.4, -0.2) is 19.5 Å². The third-order valence-corrected chi connectivity index (χ3v) is 3.32. The minimum atomic E-state index is 0.0335. The Labute approximate surface area is 90.2 Å². The summed E-state index contributed by atoms with van der Waals surface area (Å²) in [7, 11) is 0. The molecular weight excluding hydrogens is 188 g/mol. The van der Waals surface area contributed by atoms with E-state index in [0.29, 0.717) is 5.92 Å². The van der Waals surface area contributed by atoms with Gasteiger partial charge in [0.05, 0.1) is 13.2 Å². The van der Waals surface area contributed by atoms with Crippen LogP contribution in [0.2, 0.25) is 0 Å². The van der Waals surface area contributed by atoms with Gasteiger partial charge >= 0.3 is 0 Å². The molecule has 0 bridgehead atoms. The predicted octanol–water partition coefficient (Wildman–Crippen LogP) is 2.16. The summed E-state index contributed by atoms with van der Waals surface area (Å²) >= 11 is 0. The van der Waals surface area contributed by atoms with Crippen molar-refractivity contribution in [2.45, 2.75) is 25.6 Å². The molecule has 0 aromatic heterocycles. The highest BCUT2D eigenvalue weighted by Gasteiger charge is 2.30. The maximum Gasteiger partial charge on any atom is 0.160 e. The SMILES string of the molecule is c1ccc2c(c1)CC(C1OCCCO1)C2. The first-order valence-corrected chi connectivity index (χ1v) is 5.73. The molecule has 2 nitrogen and oxygen atoms in total. The van der Waals surface area contributed by atoms with Gasteiger partial charge in [0.25, 0.3) is 0 Å². The number of benzene rings is 1. The van der Waals surface area contributed by atoms with Crippen LogP contribution in [0.4, 0.5) is 0 Å². The fourth-order valence-electron chi connectivity index (χ4n) is 2.56. The summed E-state index contributed by atoms with van der Waals surface area (Å²) in [5.41, 5.74) is 2.94. The van der Waals surface area contributed by atoms with Crippen molar-refractivity contribution in [3.63, 3.8) is 0 Å². The molecule has 0 amide bonds. The Balaban J connectivity index is 1.72. The van der Waals surface area contributed by atoms with E-state index >= 15 is 0 Å². The summed E-state index contributed by atoms with van der Waals surface area (Å²) in [5, 5.41) is 0. The molecule has 1 aromatic rings. The summed E-state index contributed by atoms with van der Waals surface area (Å²) in [6.45, 7) is 1.72. The zero-order valence-corrected chi connectivity index (χ0v) is 8.82. The molecule has 1 saturated heterocycles. The van der Waals surface area contributed by atoms with Gasteiger partial charge in [-0.15, -0.1) is 0 Å². The van der Waals surface area contributed by atoms with Crippen LogP contribution >= 0.6 is 0 Å². The lowest BCUT2D eigenvalue weighted by Crippen LogP contribution is -2.32. The van der Waals surface area contributed by atoms with Gasteiger partial charge in [-0.05, 0) is 30.4 Å². The van der Waals surface area contributed by atoms with Crippen molar-refractivity contribution in [1.29, 1.82) is 0 Å². The van der Waals surface area contributed by atoms with Crippen molar-refractivity contribution in [2.75, 3.05) is 13.2 Å². The van der Waals surface area contributed by atoms with Gasteiger partial charge in [-0.3, -0.25) is 0 Å². The molecule has 1 heterocycles. The number of hydrogen-bond donors (Lipinski definition) is 0. The van der Waals surface area contributed by atoms with Crippen LogP contribution in [0.15, 0.2) is 24.3 Å². The monoisotopic (exact) mass is 204 g/mol. The lowest BCUT2D eigenvalue weighted by molar-refractivity contribution is -0.203. The quantitative estimate of drug-likeness (QED) is 0.698. The molecule has 0 radical (unpaired) electrons. The number of hydrogen-bond acceptors (Lipinski definition) is 2. The molecule has 0 saturated carbocycles. The molecule has 3 rings (SSSR count). The minimum Gasteiger partial charge on any atom is -0.352 e. The summed E-state index contributed by atoms with van der Waals surface area (Å²) in [5.74, 6) is 0.530. The molecular formula is C13H16O2. The maximum atomic E-state index is 5.67. The molecule has 0 unspecified atom stereocenters. The van der Waals surface area contributed by atoms with Gasteiger partial charge in [0, 0.05) is 5.92 Å². The van der Waals surface area contributed by atoms with Crippen molar-refractivity contribution < 1.29 is 9.47 Å². The zero-order valence-electron chi connectivity index (χ0n) is 8.82. The first-order chi connectivity index (χ1) is 7.43. The molecule has 1 aliphatic heterocycles. The third-order valence-electron chi connectivity index (χ3n) is 3.32. The first-order valence-electron chi connectivity index (χ1n) is 5.73.